The molecule has 1 aliphatic rings. The fourth-order valence-corrected chi connectivity index (χ4v) is 3.01. The van der Waals surface area contributed by atoms with Gasteiger partial charge in [0.15, 0.2) is 11.5 Å². The summed E-state index contributed by atoms with van der Waals surface area (Å²) in [5.41, 5.74) is 2.09. The maximum absolute atomic E-state index is 12.3. The summed E-state index contributed by atoms with van der Waals surface area (Å²) < 4.78 is 10.6. The van der Waals surface area contributed by atoms with Gasteiger partial charge in [-0.05, 0) is 42.3 Å². The molecule has 2 aromatic rings. The van der Waals surface area contributed by atoms with Crippen molar-refractivity contribution >= 4 is 29.1 Å². The first-order valence-corrected chi connectivity index (χ1v) is 7.42. The van der Waals surface area contributed by atoms with Gasteiger partial charge in [-0.25, -0.2) is 0 Å². The van der Waals surface area contributed by atoms with Crippen LogP contribution in [0.25, 0.3) is 0 Å². The number of rotatable bonds is 3. The van der Waals surface area contributed by atoms with Crippen molar-refractivity contribution in [3.63, 3.8) is 0 Å². The van der Waals surface area contributed by atoms with E-state index < -0.39 is 0 Å². The van der Waals surface area contributed by atoms with Crippen molar-refractivity contribution in [3.8, 4) is 11.5 Å². The molecular formula is C16H13Cl2NO3. The van der Waals surface area contributed by atoms with E-state index in [4.69, 9.17) is 32.7 Å². The highest BCUT2D eigenvalue weighted by atomic mass is 35.5. The molecule has 0 aliphatic carbocycles. The number of hydrogen-bond acceptors (Lipinski definition) is 3. The number of fused-ring (bicyclic) bond motifs is 1. The molecule has 4 nitrogen and oxygen atoms in total. The van der Waals surface area contributed by atoms with E-state index in [-0.39, 0.29) is 18.3 Å². The number of amides is 1. The SMILES string of the molecule is Cc1cc(Cl)c(C(=O)NCc2ccc3c(c2)OCO3)c(Cl)c1. The molecule has 0 saturated carbocycles. The lowest BCUT2D eigenvalue weighted by molar-refractivity contribution is 0.0951. The minimum atomic E-state index is -0.312. The normalized spacial score (nSPS) is 12.3. The van der Waals surface area contributed by atoms with Crippen molar-refractivity contribution in [3.05, 3.63) is 57.1 Å². The molecule has 1 amide bonds. The van der Waals surface area contributed by atoms with E-state index in [1.165, 1.54) is 0 Å². The zero-order valence-corrected chi connectivity index (χ0v) is 13.3. The maximum Gasteiger partial charge on any atom is 0.254 e. The second kappa shape index (κ2) is 6.07. The second-order valence-corrected chi connectivity index (χ2v) is 5.79. The lowest BCUT2D eigenvalue weighted by Crippen LogP contribution is -2.23. The molecule has 0 spiro atoms. The van der Waals surface area contributed by atoms with Gasteiger partial charge in [-0.2, -0.15) is 0 Å². The van der Waals surface area contributed by atoms with Gasteiger partial charge in [0, 0.05) is 6.54 Å². The van der Waals surface area contributed by atoms with Crippen LogP contribution in [0.4, 0.5) is 0 Å². The van der Waals surface area contributed by atoms with Crippen LogP contribution in [-0.4, -0.2) is 12.7 Å². The third kappa shape index (κ3) is 2.98. The van der Waals surface area contributed by atoms with E-state index in [0.717, 1.165) is 11.1 Å². The highest BCUT2D eigenvalue weighted by molar-refractivity contribution is 6.39. The molecule has 0 bridgehead atoms. The monoisotopic (exact) mass is 337 g/mol. The lowest BCUT2D eigenvalue weighted by Gasteiger charge is -2.10. The predicted octanol–water partition coefficient (Wildman–Crippen LogP) is 3.96. The average molecular weight is 338 g/mol. The summed E-state index contributed by atoms with van der Waals surface area (Å²) in [7, 11) is 0. The van der Waals surface area contributed by atoms with Gasteiger partial charge in [0.25, 0.3) is 5.91 Å². The summed E-state index contributed by atoms with van der Waals surface area (Å²) >= 11 is 12.2. The van der Waals surface area contributed by atoms with Crippen LogP contribution >= 0.6 is 23.2 Å². The third-order valence-corrected chi connectivity index (χ3v) is 3.90. The zero-order valence-electron chi connectivity index (χ0n) is 11.8. The Morgan fingerprint density at radius 2 is 1.82 bits per heavy atom. The van der Waals surface area contributed by atoms with Gasteiger partial charge < -0.3 is 14.8 Å². The van der Waals surface area contributed by atoms with Crippen molar-refractivity contribution in [1.82, 2.24) is 5.32 Å². The quantitative estimate of drug-likeness (QED) is 0.922. The van der Waals surface area contributed by atoms with Crippen LogP contribution in [0, 0.1) is 6.92 Å². The van der Waals surface area contributed by atoms with Crippen molar-refractivity contribution < 1.29 is 14.3 Å². The zero-order chi connectivity index (χ0) is 15.7. The summed E-state index contributed by atoms with van der Waals surface area (Å²) in [6.07, 6.45) is 0. The van der Waals surface area contributed by atoms with Crippen LogP contribution in [0.5, 0.6) is 11.5 Å². The molecule has 6 heteroatoms. The standard InChI is InChI=1S/C16H13Cl2NO3/c1-9-4-11(17)15(12(18)5-9)16(20)19-7-10-2-3-13-14(6-10)22-8-21-13/h2-6H,7-8H2,1H3,(H,19,20). The van der Waals surface area contributed by atoms with E-state index in [9.17, 15) is 4.79 Å². The molecule has 0 fully saturated rings. The van der Waals surface area contributed by atoms with Gasteiger partial charge >= 0.3 is 0 Å². The smallest absolute Gasteiger partial charge is 0.254 e. The molecule has 2 aromatic carbocycles. The first-order valence-electron chi connectivity index (χ1n) is 6.67. The Morgan fingerprint density at radius 1 is 1.14 bits per heavy atom. The largest absolute Gasteiger partial charge is 0.454 e. The van der Waals surface area contributed by atoms with Crippen LogP contribution in [0.1, 0.15) is 21.5 Å². The number of carbonyl (C=O) groups is 1. The minimum Gasteiger partial charge on any atom is -0.454 e. The third-order valence-electron chi connectivity index (χ3n) is 3.30. The molecular weight excluding hydrogens is 325 g/mol. The van der Waals surface area contributed by atoms with Crippen LogP contribution in [0.2, 0.25) is 10.0 Å². The Kier molecular flexibility index (Phi) is 4.14. The van der Waals surface area contributed by atoms with E-state index in [1.807, 2.05) is 25.1 Å². The second-order valence-electron chi connectivity index (χ2n) is 4.97. The first-order chi connectivity index (χ1) is 10.5. The molecule has 22 heavy (non-hydrogen) atoms. The van der Waals surface area contributed by atoms with Gasteiger partial charge in [0.1, 0.15) is 0 Å². The molecule has 1 N–H and O–H groups in total. The average Bonchev–Trinajstić information content (AvgIpc) is 2.91. The summed E-state index contributed by atoms with van der Waals surface area (Å²) in [4.78, 5) is 12.3. The Balaban J connectivity index is 1.73. The lowest BCUT2D eigenvalue weighted by atomic mass is 10.1. The first kappa shape index (κ1) is 15.0. The van der Waals surface area contributed by atoms with Crippen LogP contribution in [0.15, 0.2) is 30.3 Å². The summed E-state index contributed by atoms with van der Waals surface area (Å²) in [6, 6.07) is 8.94. The summed E-state index contributed by atoms with van der Waals surface area (Å²) in [5, 5.41) is 3.49. The highest BCUT2D eigenvalue weighted by Crippen LogP contribution is 2.32. The fraction of sp³-hybridized carbons (Fsp3) is 0.188. The molecule has 114 valence electrons. The highest BCUT2D eigenvalue weighted by Gasteiger charge is 2.16. The molecule has 0 aromatic heterocycles. The van der Waals surface area contributed by atoms with Crippen molar-refractivity contribution in [2.75, 3.05) is 6.79 Å². The van der Waals surface area contributed by atoms with Crippen LogP contribution in [0.3, 0.4) is 0 Å². The predicted molar refractivity (Wildman–Crippen MR) is 84.9 cm³/mol. The molecule has 3 rings (SSSR count). The molecule has 0 atom stereocenters. The molecule has 0 unspecified atom stereocenters. The van der Waals surface area contributed by atoms with E-state index in [1.54, 1.807) is 12.1 Å². The Bertz CT molecular complexity index is 723. The number of hydrogen-bond donors (Lipinski definition) is 1. The minimum absolute atomic E-state index is 0.222. The number of carbonyl (C=O) groups excluding carboxylic acids is 1. The Hall–Kier alpha value is -1.91. The Labute approximate surface area is 137 Å². The van der Waals surface area contributed by atoms with E-state index in [0.29, 0.717) is 28.1 Å². The number of halogens is 2. The van der Waals surface area contributed by atoms with Crippen molar-refractivity contribution in [2.45, 2.75) is 13.5 Å². The van der Waals surface area contributed by atoms with Gasteiger partial charge in [-0.15, -0.1) is 0 Å². The van der Waals surface area contributed by atoms with Gasteiger partial charge in [0.05, 0.1) is 15.6 Å². The molecule has 1 heterocycles. The summed E-state index contributed by atoms with van der Waals surface area (Å²) in [6.45, 7) is 2.43. The number of ether oxygens (including phenoxy) is 2. The number of aryl methyl sites for hydroxylation is 1. The van der Waals surface area contributed by atoms with Gasteiger partial charge in [-0.1, -0.05) is 29.3 Å². The number of benzene rings is 2. The Morgan fingerprint density at radius 3 is 2.55 bits per heavy atom. The van der Waals surface area contributed by atoms with E-state index >= 15 is 0 Å². The van der Waals surface area contributed by atoms with Gasteiger partial charge in [-0.3, -0.25) is 4.79 Å². The summed E-state index contributed by atoms with van der Waals surface area (Å²) in [5.74, 6) is 1.07. The van der Waals surface area contributed by atoms with E-state index in [2.05, 4.69) is 5.32 Å². The van der Waals surface area contributed by atoms with Crippen LogP contribution in [-0.2, 0) is 6.54 Å². The maximum atomic E-state index is 12.3. The number of nitrogens with one attached hydrogen (secondary N) is 1. The van der Waals surface area contributed by atoms with Gasteiger partial charge in [0.2, 0.25) is 6.79 Å². The van der Waals surface area contributed by atoms with Crippen molar-refractivity contribution in [2.24, 2.45) is 0 Å². The van der Waals surface area contributed by atoms with Crippen molar-refractivity contribution in [1.29, 1.82) is 0 Å². The molecule has 0 saturated heterocycles. The molecule has 0 radical (unpaired) electrons. The topological polar surface area (TPSA) is 47.6 Å². The molecule has 1 aliphatic heterocycles. The van der Waals surface area contributed by atoms with Crippen LogP contribution < -0.4 is 14.8 Å². The fourth-order valence-electron chi connectivity index (χ4n) is 2.24.